The van der Waals surface area contributed by atoms with Gasteiger partial charge in [0.1, 0.15) is 0 Å². The van der Waals surface area contributed by atoms with E-state index in [9.17, 15) is 8.42 Å². The Kier molecular flexibility index (Phi) is 8.09. The minimum atomic E-state index is -3.72. The molecule has 0 aromatic heterocycles. The van der Waals surface area contributed by atoms with E-state index in [0.29, 0.717) is 0 Å². The van der Waals surface area contributed by atoms with E-state index in [2.05, 4.69) is 39.6 Å². The van der Waals surface area contributed by atoms with Crippen LogP contribution in [0, 0.1) is 36.5 Å². The van der Waals surface area contributed by atoms with Crippen LogP contribution in [0.1, 0.15) is 11.1 Å². The van der Waals surface area contributed by atoms with Gasteiger partial charge in [0.05, 0.1) is 23.9 Å². The van der Waals surface area contributed by atoms with Crippen LogP contribution in [0.5, 0.6) is 0 Å². The molecule has 0 unspecified atom stereocenters. The van der Waals surface area contributed by atoms with Crippen LogP contribution < -0.4 is 0 Å². The first-order valence-electron chi connectivity index (χ1n) is 9.76. The Balaban J connectivity index is 1.83. The maximum Gasteiger partial charge on any atom is 0.244 e. The third kappa shape index (κ3) is 6.84. The number of aryl methyl sites for hydroxylation is 1. The van der Waals surface area contributed by atoms with Crippen LogP contribution in [0.15, 0.2) is 94.4 Å². The highest BCUT2D eigenvalue weighted by atomic mass is 79.9. The van der Waals surface area contributed by atoms with Gasteiger partial charge in [-0.15, -0.1) is 0 Å². The Morgan fingerprint density at radius 2 is 1.48 bits per heavy atom. The van der Waals surface area contributed by atoms with Crippen molar-refractivity contribution >= 4 is 26.0 Å². The lowest BCUT2D eigenvalue weighted by molar-refractivity contribution is 0.482. The third-order valence-corrected chi connectivity index (χ3v) is 6.82. The quantitative estimate of drug-likeness (QED) is 0.557. The number of halogens is 1. The van der Waals surface area contributed by atoms with E-state index in [1.165, 1.54) is 4.31 Å². The summed E-state index contributed by atoms with van der Waals surface area (Å²) < 4.78 is 28.7. The van der Waals surface area contributed by atoms with Crippen molar-refractivity contribution in [1.82, 2.24) is 4.31 Å². The number of hydrogen-bond acceptors (Lipinski definition) is 2. The van der Waals surface area contributed by atoms with Gasteiger partial charge in [0.25, 0.3) is 0 Å². The molecule has 0 fully saturated rings. The van der Waals surface area contributed by atoms with Gasteiger partial charge in [0.2, 0.25) is 10.0 Å². The van der Waals surface area contributed by atoms with Crippen LogP contribution in [0.2, 0.25) is 0 Å². The van der Waals surface area contributed by atoms with Gasteiger partial charge < -0.3 is 0 Å². The molecule has 3 rings (SSSR count). The van der Waals surface area contributed by atoms with Crippen LogP contribution in [0.4, 0.5) is 0 Å². The summed E-state index contributed by atoms with van der Waals surface area (Å²) in [5.74, 6) is 12.1. The lowest BCUT2D eigenvalue weighted by atomic mass is 10.1. The first kappa shape index (κ1) is 22.8. The van der Waals surface area contributed by atoms with E-state index in [4.69, 9.17) is 0 Å². The summed E-state index contributed by atoms with van der Waals surface area (Å²) in [6.45, 7) is 2.04. The second-order valence-corrected chi connectivity index (χ2v) is 9.75. The number of allylic oxidation sites excluding steroid dienone is 6. The van der Waals surface area contributed by atoms with Crippen LogP contribution >= 0.6 is 15.9 Å². The summed E-state index contributed by atoms with van der Waals surface area (Å²) in [5.41, 5.74) is 1.82. The normalized spacial score (nSPS) is 13.3. The van der Waals surface area contributed by atoms with Crippen molar-refractivity contribution in [3.05, 3.63) is 101 Å². The minimum Gasteiger partial charge on any atom is -0.207 e. The van der Waals surface area contributed by atoms with Crippen LogP contribution in [-0.4, -0.2) is 25.8 Å². The Bertz CT molecular complexity index is 1200. The molecule has 5 heteroatoms. The van der Waals surface area contributed by atoms with E-state index in [1.54, 1.807) is 24.3 Å². The molecule has 0 radical (unpaired) electrons. The molecule has 2 aromatic carbocycles. The third-order valence-electron chi connectivity index (χ3n) is 4.49. The molecule has 0 amide bonds. The van der Waals surface area contributed by atoms with Gasteiger partial charge in [0, 0.05) is 10.0 Å². The van der Waals surface area contributed by atoms with E-state index >= 15 is 0 Å². The van der Waals surface area contributed by atoms with Crippen molar-refractivity contribution in [3.8, 4) is 23.7 Å². The largest absolute Gasteiger partial charge is 0.244 e. The molecule has 31 heavy (non-hydrogen) atoms. The van der Waals surface area contributed by atoms with Gasteiger partial charge in [-0.1, -0.05) is 93.8 Å². The van der Waals surface area contributed by atoms with Gasteiger partial charge >= 0.3 is 0 Å². The first-order valence-corrected chi connectivity index (χ1v) is 12.0. The molecular formula is C26H22BrNO2S. The fourth-order valence-corrected chi connectivity index (χ4v) is 4.27. The fraction of sp³-hybridized carbons (Fsp3) is 0.154. The molecule has 0 heterocycles. The van der Waals surface area contributed by atoms with Crippen molar-refractivity contribution in [2.24, 2.45) is 5.92 Å². The molecule has 0 atom stereocenters. The Morgan fingerprint density at radius 3 is 2.13 bits per heavy atom. The van der Waals surface area contributed by atoms with E-state index < -0.39 is 10.0 Å². The molecule has 0 aliphatic heterocycles. The number of sulfonamides is 1. The second-order valence-electron chi connectivity index (χ2n) is 6.90. The standard InChI is InChI=1S/C26H22BrNO2S/c1-22-12-18-26(19-13-22)31(29,30)28(20-6-10-23-8-4-2-3-5-9-23)21-7-11-24-14-16-25(27)17-15-24/h2-5,8-9,12-19,23H,20-21H2,1H3. The van der Waals surface area contributed by atoms with Gasteiger partial charge in [-0.25, -0.2) is 8.42 Å². The predicted octanol–water partition coefficient (Wildman–Crippen LogP) is 5.10. The second kappa shape index (κ2) is 11.0. The van der Waals surface area contributed by atoms with E-state index in [-0.39, 0.29) is 23.9 Å². The molecule has 0 bridgehead atoms. The van der Waals surface area contributed by atoms with Crippen LogP contribution in [0.25, 0.3) is 0 Å². The zero-order valence-corrected chi connectivity index (χ0v) is 19.5. The maximum absolute atomic E-state index is 13.2. The molecule has 0 N–H and O–H groups in total. The summed E-state index contributed by atoms with van der Waals surface area (Å²) in [5, 5.41) is 0. The Morgan fingerprint density at radius 1 is 0.871 bits per heavy atom. The number of nitrogens with zero attached hydrogens (tertiary/aromatic N) is 1. The predicted molar refractivity (Wildman–Crippen MR) is 130 cm³/mol. The zero-order chi connectivity index (χ0) is 22.1. The van der Waals surface area contributed by atoms with E-state index in [1.807, 2.05) is 67.6 Å². The van der Waals surface area contributed by atoms with Crippen molar-refractivity contribution in [3.63, 3.8) is 0 Å². The topological polar surface area (TPSA) is 37.4 Å². The van der Waals surface area contributed by atoms with Crippen molar-refractivity contribution in [1.29, 1.82) is 0 Å². The maximum atomic E-state index is 13.2. The van der Waals surface area contributed by atoms with Gasteiger partial charge in [0.15, 0.2) is 0 Å². The van der Waals surface area contributed by atoms with Crippen molar-refractivity contribution in [2.75, 3.05) is 13.1 Å². The SMILES string of the molecule is Cc1ccc(S(=O)(=O)N(CC#Cc2ccc(Br)cc2)CC#CC2C=CC=CC=C2)cc1. The minimum absolute atomic E-state index is 0.0484. The molecule has 0 spiro atoms. The molecule has 3 nitrogen and oxygen atoms in total. The molecular weight excluding hydrogens is 470 g/mol. The summed E-state index contributed by atoms with van der Waals surface area (Å²) in [6.07, 6.45) is 11.7. The molecule has 156 valence electrons. The Labute approximate surface area is 193 Å². The summed E-state index contributed by atoms with van der Waals surface area (Å²) in [4.78, 5) is 0.240. The van der Waals surface area contributed by atoms with Gasteiger partial charge in [-0.05, 0) is 43.3 Å². The van der Waals surface area contributed by atoms with Crippen molar-refractivity contribution < 1.29 is 8.42 Å². The van der Waals surface area contributed by atoms with Gasteiger partial charge in [-0.2, -0.15) is 4.31 Å². The average molecular weight is 492 g/mol. The van der Waals surface area contributed by atoms with Crippen LogP contribution in [0.3, 0.4) is 0 Å². The summed E-state index contributed by atoms with van der Waals surface area (Å²) >= 11 is 3.40. The van der Waals surface area contributed by atoms with E-state index in [0.717, 1.165) is 15.6 Å². The van der Waals surface area contributed by atoms with Crippen LogP contribution in [-0.2, 0) is 10.0 Å². The molecule has 1 aliphatic rings. The zero-order valence-electron chi connectivity index (χ0n) is 17.1. The molecule has 0 saturated heterocycles. The number of benzene rings is 2. The highest BCUT2D eigenvalue weighted by Gasteiger charge is 2.22. The van der Waals surface area contributed by atoms with Gasteiger partial charge in [-0.3, -0.25) is 0 Å². The average Bonchev–Trinajstić information content (AvgIpc) is 3.03. The summed E-state index contributed by atoms with van der Waals surface area (Å²) in [6, 6.07) is 14.4. The first-order chi connectivity index (χ1) is 14.9. The highest BCUT2D eigenvalue weighted by Crippen LogP contribution is 2.16. The molecule has 1 aliphatic carbocycles. The van der Waals surface area contributed by atoms with Crippen molar-refractivity contribution in [2.45, 2.75) is 11.8 Å². The lowest BCUT2D eigenvalue weighted by Gasteiger charge is -2.17. The molecule has 0 saturated carbocycles. The monoisotopic (exact) mass is 491 g/mol. The Hall–Kier alpha value is -2.83. The summed E-state index contributed by atoms with van der Waals surface area (Å²) in [7, 11) is -3.72. The number of hydrogen-bond donors (Lipinski definition) is 0. The number of rotatable bonds is 4. The lowest BCUT2D eigenvalue weighted by Crippen LogP contribution is -2.32. The molecule has 2 aromatic rings. The highest BCUT2D eigenvalue weighted by molar-refractivity contribution is 9.10. The fourth-order valence-electron chi connectivity index (χ4n) is 2.76. The smallest absolute Gasteiger partial charge is 0.207 e.